The smallest absolute Gasteiger partial charge is 0.236 e. The topological polar surface area (TPSA) is 130 Å². The van der Waals surface area contributed by atoms with Crippen molar-refractivity contribution in [3.8, 4) is 11.5 Å². The average molecular weight is 607 g/mol. The standard InChI is InChI=1S/C31H32F2N6O5/c1-17(16-40)14-36-21-11-18(39-9-7-35-8-10-39)5-6-20(21)38-25-12-19-24(15-37-25)44-31(29(19)34-2)30(41)26-27(32)22(42-3)13-23(43-4)28(26)33/h5-6,11-13,15-16,34-36H,1,7-10,14H2,2-4H3,(H,37,38). The van der Waals surface area contributed by atoms with Gasteiger partial charge in [-0.25, -0.2) is 13.8 Å². The zero-order chi connectivity index (χ0) is 31.4. The predicted octanol–water partition coefficient (Wildman–Crippen LogP) is 4.72. The van der Waals surface area contributed by atoms with Crippen molar-refractivity contribution in [2.75, 3.05) is 74.8 Å². The van der Waals surface area contributed by atoms with Gasteiger partial charge in [0.25, 0.3) is 0 Å². The van der Waals surface area contributed by atoms with E-state index in [9.17, 15) is 9.59 Å². The molecular formula is C31H32F2N6O5. The Hall–Kier alpha value is -5.17. The Kier molecular flexibility index (Phi) is 8.95. The summed E-state index contributed by atoms with van der Waals surface area (Å²) in [5, 5.41) is 13.2. The van der Waals surface area contributed by atoms with Crippen molar-refractivity contribution < 1.29 is 32.3 Å². The summed E-state index contributed by atoms with van der Waals surface area (Å²) < 4.78 is 46.0. The molecule has 0 atom stereocenters. The van der Waals surface area contributed by atoms with E-state index in [1.807, 2.05) is 18.2 Å². The molecule has 0 amide bonds. The second kappa shape index (κ2) is 13.0. The van der Waals surface area contributed by atoms with Crippen LogP contribution in [0.4, 0.5) is 37.3 Å². The number of aldehydes is 1. The predicted molar refractivity (Wildman–Crippen MR) is 165 cm³/mol. The molecule has 4 N–H and O–H groups in total. The number of halogens is 2. The summed E-state index contributed by atoms with van der Waals surface area (Å²) in [6.07, 6.45) is 2.11. The van der Waals surface area contributed by atoms with Crippen LogP contribution in [0.15, 0.2) is 53.1 Å². The Morgan fingerprint density at radius 3 is 2.45 bits per heavy atom. The van der Waals surface area contributed by atoms with Crippen molar-refractivity contribution in [2.45, 2.75) is 0 Å². The van der Waals surface area contributed by atoms with Crippen molar-refractivity contribution >= 4 is 51.6 Å². The van der Waals surface area contributed by atoms with E-state index in [2.05, 4.69) is 37.7 Å². The number of hydrogen-bond acceptors (Lipinski definition) is 11. The maximum atomic E-state index is 15.1. The molecule has 4 aromatic rings. The largest absolute Gasteiger partial charge is 0.494 e. The minimum atomic E-state index is -1.18. The van der Waals surface area contributed by atoms with Crippen LogP contribution in [0.3, 0.4) is 0 Å². The van der Waals surface area contributed by atoms with Crippen LogP contribution in [0.5, 0.6) is 11.5 Å². The highest BCUT2D eigenvalue weighted by molar-refractivity contribution is 6.15. The summed E-state index contributed by atoms with van der Waals surface area (Å²) in [7, 11) is 3.95. The molecule has 1 saturated heterocycles. The van der Waals surface area contributed by atoms with Crippen molar-refractivity contribution in [1.82, 2.24) is 10.3 Å². The van der Waals surface area contributed by atoms with E-state index in [-0.39, 0.29) is 35.1 Å². The van der Waals surface area contributed by atoms with Gasteiger partial charge in [-0.15, -0.1) is 0 Å². The minimum Gasteiger partial charge on any atom is -0.494 e. The lowest BCUT2D eigenvalue weighted by Crippen LogP contribution is -2.43. The number of carbonyl (C=O) groups is 2. The molecule has 2 aromatic carbocycles. The number of fused-ring (bicyclic) bond motifs is 1. The van der Waals surface area contributed by atoms with Gasteiger partial charge in [0.05, 0.1) is 37.5 Å². The van der Waals surface area contributed by atoms with Crippen LogP contribution in [-0.4, -0.2) is 71.0 Å². The Morgan fingerprint density at radius 1 is 1.11 bits per heavy atom. The molecule has 1 aliphatic heterocycles. The molecule has 0 aliphatic carbocycles. The SMILES string of the molecule is C=C(C=O)CNc1cc(N2CCNCC2)ccc1Nc1cc2c(NC)c(C(=O)c3c(F)c(OC)cc(OC)c3F)oc2cn1. The molecule has 230 valence electrons. The number of pyridine rings is 1. The Balaban J connectivity index is 1.51. The summed E-state index contributed by atoms with van der Waals surface area (Å²) in [6.45, 7) is 7.46. The molecule has 0 spiro atoms. The summed E-state index contributed by atoms with van der Waals surface area (Å²) in [5.41, 5.74) is 2.36. The van der Waals surface area contributed by atoms with Gasteiger partial charge >= 0.3 is 0 Å². The van der Waals surface area contributed by atoms with E-state index in [4.69, 9.17) is 13.9 Å². The monoisotopic (exact) mass is 606 g/mol. The Morgan fingerprint density at radius 2 is 1.82 bits per heavy atom. The highest BCUT2D eigenvalue weighted by atomic mass is 19.1. The van der Waals surface area contributed by atoms with E-state index in [0.29, 0.717) is 28.8 Å². The molecule has 0 unspecified atom stereocenters. The minimum absolute atomic E-state index is 0.214. The quantitative estimate of drug-likeness (QED) is 0.102. The first-order valence-electron chi connectivity index (χ1n) is 13.8. The molecule has 0 bridgehead atoms. The third kappa shape index (κ3) is 5.86. The molecule has 2 aromatic heterocycles. The number of rotatable bonds is 12. The molecule has 5 rings (SSSR count). The van der Waals surface area contributed by atoms with Gasteiger partial charge in [-0.05, 0) is 24.3 Å². The average Bonchev–Trinajstić information content (AvgIpc) is 3.42. The van der Waals surface area contributed by atoms with Crippen LogP contribution in [0, 0.1) is 11.6 Å². The zero-order valence-electron chi connectivity index (χ0n) is 24.5. The molecule has 0 radical (unpaired) electrons. The van der Waals surface area contributed by atoms with Crippen LogP contribution >= 0.6 is 0 Å². The third-order valence-corrected chi connectivity index (χ3v) is 7.25. The first-order valence-corrected chi connectivity index (χ1v) is 13.8. The second-order valence-electron chi connectivity index (χ2n) is 9.96. The number of aromatic nitrogens is 1. The van der Waals surface area contributed by atoms with Crippen molar-refractivity contribution in [1.29, 1.82) is 0 Å². The fourth-order valence-corrected chi connectivity index (χ4v) is 4.97. The first-order chi connectivity index (χ1) is 21.3. The number of nitrogens with one attached hydrogen (secondary N) is 4. The van der Waals surface area contributed by atoms with Gasteiger partial charge in [-0.2, -0.15) is 0 Å². The molecule has 13 heteroatoms. The van der Waals surface area contributed by atoms with Gasteiger partial charge < -0.3 is 40.1 Å². The lowest BCUT2D eigenvalue weighted by atomic mass is 10.0. The van der Waals surface area contributed by atoms with Crippen molar-refractivity contribution in [2.24, 2.45) is 0 Å². The van der Waals surface area contributed by atoms with Gasteiger partial charge in [0.15, 0.2) is 34.5 Å². The second-order valence-corrected chi connectivity index (χ2v) is 9.96. The van der Waals surface area contributed by atoms with Crippen molar-refractivity contribution in [3.63, 3.8) is 0 Å². The van der Waals surface area contributed by atoms with Gasteiger partial charge in [0.2, 0.25) is 5.78 Å². The van der Waals surface area contributed by atoms with Gasteiger partial charge in [-0.1, -0.05) is 6.58 Å². The lowest BCUT2D eigenvalue weighted by molar-refractivity contribution is -0.104. The molecule has 3 heterocycles. The number of ketones is 1. The number of methoxy groups -OCH3 is 2. The fourth-order valence-electron chi connectivity index (χ4n) is 4.97. The summed E-state index contributed by atoms with van der Waals surface area (Å²) in [6, 6.07) is 8.56. The van der Waals surface area contributed by atoms with Crippen LogP contribution in [0.2, 0.25) is 0 Å². The molecule has 1 fully saturated rings. The number of nitrogens with zero attached hydrogens (tertiary/aromatic N) is 2. The van der Waals surface area contributed by atoms with Gasteiger partial charge in [-0.3, -0.25) is 9.59 Å². The summed E-state index contributed by atoms with van der Waals surface area (Å²) in [5.74, 6) is -4.03. The lowest BCUT2D eigenvalue weighted by Gasteiger charge is -2.30. The molecular weight excluding hydrogens is 574 g/mol. The number of anilines is 5. The Labute approximate surface area is 252 Å². The molecule has 0 saturated carbocycles. The third-order valence-electron chi connectivity index (χ3n) is 7.25. The molecule has 44 heavy (non-hydrogen) atoms. The first kappa shape index (κ1) is 30.3. The zero-order valence-corrected chi connectivity index (χ0v) is 24.5. The Bertz CT molecular complexity index is 1710. The maximum absolute atomic E-state index is 15.1. The number of hydrogen-bond donors (Lipinski definition) is 4. The maximum Gasteiger partial charge on any atom is 0.236 e. The number of carbonyl (C=O) groups excluding carboxylic acids is 2. The van der Waals surface area contributed by atoms with E-state index in [1.165, 1.54) is 20.4 Å². The van der Waals surface area contributed by atoms with Crippen LogP contribution < -0.4 is 35.6 Å². The van der Waals surface area contributed by atoms with E-state index < -0.39 is 23.0 Å². The van der Waals surface area contributed by atoms with Gasteiger partial charge in [0, 0.05) is 62.5 Å². The van der Waals surface area contributed by atoms with Crippen LogP contribution in [0.1, 0.15) is 16.1 Å². The number of benzene rings is 2. The van der Waals surface area contributed by atoms with E-state index in [1.54, 1.807) is 13.1 Å². The van der Waals surface area contributed by atoms with Crippen LogP contribution in [-0.2, 0) is 4.79 Å². The number of furan rings is 1. The highest BCUT2D eigenvalue weighted by Crippen LogP contribution is 2.38. The highest BCUT2D eigenvalue weighted by Gasteiger charge is 2.31. The fraction of sp³-hybridized carbons (Fsp3) is 0.258. The molecule has 1 aliphatic rings. The summed E-state index contributed by atoms with van der Waals surface area (Å²) in [4.78, 5) is 31.4. The van der Waals surface area contributed by atoms with E-state index in [0.717, 1.165) is 43.6 Å². The van der Waals surface area contributed by atoms with Crippen molar-refractivity contribution in [3.05, 3.63) is 71.6 Å². The van der Waals surface area contributed by atoms with E-state index >= 15 is 8.78 Å². The summed E-state index contributed by atoms with van der Waals surface area (Å²) >= 11 is 0. The van der Waals surface area contributed by atoms with Gasteiger partial charge in [0.1, 0.15) is 17.7 Å². The molecule has 11 nitrogen and oxygen atoms in total. The normalized spacial score (nSPS) is 13.0. The number of piperazine rings is 1. The van der Waals surface area contributed by atoms with Crippen LogP contribution in [0.25, 0.3) is 11.0 Å². The number of ether oxygens (including phenoxy) is 2.